The van der Waals surface area contributed by atoms with Gasteiger partial charge in [-0.1, -0.05) is 30.3 Å². The molecule has 0 spiro atoms. The van der Waals surface area contributed by atoms with E-state index < -0.39 is 0 Å². The van der Waals surface area contributed by atoms with Gasteiger partial charge in [-0.2, -0.15) is 0 Å². The summed E-state index contributed by atoms with van der Waals surface area (Å²) in [5.41, 5.74) is 4.87. The van der Waals surface area contributed by atoms with Gasteiger partial charge in [-0.05, 0) is 60.3 Å². The van der Waals surface area contributed by atoms with Crippen LogP contribution in [0.1, 0.15) is 11.1 Å². The second-order valence-corrected chi connectivity index (χ2v) is 4.74. The third-order valence-corrected chi connectivity index (χ3v) is 3.51. The Labute approximate surface area is 119 Å². The first kappa shape index (κ1) is 14.3. The largest absolute Gasteiger partial charge is 0.316 e. The zero-order chi connectivity index (χ0) is 14.4. The van der Waals surface area contributed by atoms with Crippen LogP contribution in [-0.4, -0.2) is 13.1 Å². The summed E-state index contributed by atoms with van der Waals surface area (Å²) in [6, 6.07) is 13.3. The highest BCUT2D eigenvalue weighted by atomic mass is 19.1. The Hall–Kier alpha value is -2.11. The van der Waals surface area contributed by atoms with Crippen molar-refractivity contribution in [3.05, 3.63) is 59.4 Å². The molecule has 0 bridgehead atoms. The molecule has 1 nitrogen and oxygen atoms in total. The fraction of sp³-hybridized carbons (Fsp3) is 0.222. The first-order valence-corrected chi connectivity index (χ1v) is 6.75. The molecule has 0 radical (unpaired) electrons. The zero-order valence-electron chi connectivity index (χ0n) is 11.4. The molecule has 20 heavy (non-hydrogen) atoms. The number of terminal acetylenes is 1. The van der Waals surface area contributed by atoms with Crippen LogP contribution < -0.4 is 5.32 Å². The van der Waals surface area contributed by atoms with Crippen LogP contribution in [0.2, 0.25) is 0 Å². The fourth-order valence-corrected chi connectivity index (χ4v) is 2.52. The van der Waals surface area contributed by atoms with Crippen molar-refractivity contribution >= 4 is 0 Å². The molecule has 0 saturated carbocycles. The molecule has 0 amide bonds. The maximum Gasteiger partial charge on any atom is 0.123 e. The molecule has 1 N–H and O–H groups in total. The van der Waals surface area contributed by atoms with Crippen molar-refractivity contribution in [1.29, 1.82) is 0 Å². The Morgan fingerprint density at radius 1 is 0.850 bits per heavy atom. The monoisotopic (exact) mass is 267 g/mol. The summed E-state index contributed by atoms with van der Waals surface area (Å²) in [5.74, 6) is -0.177. The third kappa shape index (κ3) is 3.26. The van der Waals surface area contributed by atoms with Gasteiger partial charge in [0.25, 0.3) is 0 Å². The van der Waals surface area contributed by atoms with E-state index in [9.17, 15) is 4.39 Å². The number of rotatable bonds is 1. The van der Waals surface area contributed by atoms with Crippen molar-refractivity contribution in [1.82, 2.24) is 5.32 Å². The Morgan fingerprint density at radius 3 is 2.30 bits per heavy atom. The normalized spacial score (nSPS) is 13.6. The standard InChI is InChI=1S/C16H16FN.C2H2/c17-16-3-1-2-13(11-16)14-5-4-12-6-8-18-9-7-15(12)10-14;1-2/h1-5,10-11,18H,6-9H2;1-2H. The minimum absolute atomic E-state index is 0.177. The maximum atomic E-state index is 13.2. The zero-order valence-corrected chi connectivity index (χ0v) is 11.4. The minimum atomic E-state index is -0.177. The van der Waals surface area contributed by atoms with Crippen molar-refractivity contribution in [3.63, 3.8) is 0 Å². The molecule has 1 heterocycles. The molecule has 0 saturated heterocycles. The highest BCUT2D eigenvalue weighted by Crippen LogP contribution is 2.24. The molecule has 1 aliphatic heterocycles. The van der Waals surface area contributed by atoms with Crippen molar-refractivity contribution in [2.45, 2.75) is 12.8 Å². The Balaban J connectivity index is 0.000000704. The second kappa shape index (κ2) is 6.88. The minimum Gasteiger partial charge on any atom is -0.316 e. The molecule has 1 aliphatic rings. The molecule has 0 atom stereocenters. The van der Waals surface area contributed by atoms with Crippen LogP contribution in [0.15, 0.2) is 42.5 Å². The van der Waals surface area contributed by atoms with Gasteiger partial charge in [0.2, 0.25) is 0 Å². The van der Waals surface area contributed by atoms with Crippen LogP contribution >= 0.6 is 0 Å². The van der Waals surface area contributed by atoms with Crippen molar-refractivity contribution in [2.75, 3.05) is 13.1 Å². The SMILES string of the molecule is C#C.Fc1cccc(-c2ccc3c(c2)CCNCC3)c1. The highest BCUT2D eigenvalue weighted by Gasteiger charge is 2.09. The molecule has 0 fully saturated rings. The number of hydrogen-bond acceptors (Lipinski definition) is 1. The molecule has 0 aliphatic carbocycles. The van der Waals surface area contributed by atoms with E-state index in [0.717, 1.165) is 37.1 Å². The molecule has 2 aromatic carbocycles. The van der Waals surface area contributed by atoms with E-state index in [2.05, 4.69) is 36.4 Å². The summed E-state index contributed by atoms with van der Waals surface area (Å²) in [6.45, 7) is 2.08. The van der Waals surface area contributed by atoms with Gasteiger partial charge in [0.15, 0.2) is 0 Å². The Morgan fingerprint density at radius 2 is 1.55 bits per heavy atom. The summed E-state index contributed by atoms with van der Waals surface area (Å²) in [4.78, 5) is 0. The van der Waals surface area contributed by atoms with Crippen molar-refractivity contribution in [3.8, 4) is 24.0 Å². The van der Waals surface area contributed by atoms with Gasteiger partial charge in [0, 0.05) is 0 Å². The fourth-order valence-electron chi connectivity index (χ4n) is 2.52. The second-order valence-electron chi connectivity index (χ2n) is 4.74. The van der Waals surface area contributed by atoms with Gasteiger partial charge < -0.3 is 5.32 Å². The smallest absolute Gasteiger partial charge is 0.123 e. The lowest BCUT2D eigenvalue weighted by atomic mass is 9.96. The van der Waals surface area contributed by atoms with Gasteiger partial charge in [-0.25, -0.2) is 4.39 Å². The van der Waals surface area contributed by atoms with Gasteiger partial charge in [-0.3, -0.25) is 0 Å². The average molecular weight is 267 g/mol. The average Bonchev–Trinajstić information content (AvgIpc) is 2.74. The third-order valence-electron chi connectivity index (χ3n) is 3.51. The molecule has 0 aromatic heterocycles. The van der Waals surface area contributed by atoms with E-state index in [-0.39, 0.29) is 5.82 Å². The molecule has 0 unspecified atom stereocenters. The molecular formula is C18H18FN. The lowest BCUT2D eigenvalue weighted by molar-refractivity contribution is 0.628. The van der Waals surface area contributed by atoms with Gasteiger partial charge in [0.05, 0.1) is 0 Å². The number of nitrogens with one attached hydrogen (secondary N) is 1. The first-order chi connectivity index (χ1) is 9.83. The Bertz CT molecular complexity index is 601. The summed E-state index contributed by atoms with van der Waals surface area (Å²) >= 11 is 0. The van der Waals surface area contributed by atoms with E-state index in [1.54, 1.807) is 12.1 Å². The summed E-state index contributed by atoms with van der Waals surface area (Å²) < 4.78 is 13.2. The predicted molar refractivity (Wildman–Crippen MR) is 82.0 cm³/mol. The van der Waals surface area contributed by atoms with Crippen molar-refractivity contribution in [2.24, 2.45) is 0 Å². The highest BCUT2D eigenvalue weighted by molar-refractivity contribution is 5.65. The van der Waals surface area contributed by atoms with E-state index in [4.69, 9.17) is 0 Å². The quantitative estimate of drug-likeness (QED) is 0.781. The maximum absolute atomic E-state index is 13.2. The van der Waals surface area contributed by atoms with Gasteiger partial charge in [-0.15, -0.1) is 12.8 Å². The molecular weight excluding hydrogens is 249 g/mol. The number of benzene rings is 2. The van der Waals surface area contributed by atoms with Crippen LogP contribution in [0.4, 0.5) is 4.39 Å². The summed E-state index contributed by atoms with van der Waals surface area (Å²) in [5, 5.41) is 3.40. The molecule has 2 aromatic rings. The lowest BCUT2D eigenvalue weighted by Gasteiger charge is -2.08. The van der Waals surface area contributed by atoms with Gasteiger partial charge in [0.1, 0.15) is 5.82 Å². The van der Waals surface area contributed by atoms with Gasteiger partial charge >= 0.3 is 0 Å². The van der Waals surface area contributed by atoms with E-state index in [0.29, 0.717) is 0 Å². The lowest BCUT2D eigenvalue weighted by Crippen LogP contribution is -2.16. The summed E-state index contributed by atoms with van der Waals surface area (Å²) in [6.07, 6.45) is 10.1. The van der Waals surface area contributed by atoms with E-state index >= 15 is 0 Å². The first-order valence-electron chi connectivity index (χ1n) is 6.75. The molecule has 2 heteroatoms. The van der Waals surface area contributed by atoms with Crippen LogP contribution in [0, 0.1) is 18.7 Å². The van der Waals surface area contributed by atoms with Crippen LogP contribution in [0.25, 0.3) is 11.1 Å². The predicted octanol–water partition coefficient (Wildman–Crippen LogP) is 3.43. The number of fused-ring (bicyclic) bond motifs is 1. The van der Waals surface area contributed by atoms with E-state index in [1.807, 2.05) is 6.07 Å². The van der Waals surface area contributed by atoms with Crippen LogP contribution in [0.3, 0.4) is 0 Å². The van der Waals surface area contributed by atoms with Crippen LogP contribution in [0.5, 0.6) is 0 Å². The summed E-state index contributed by atoms with van der Waals surface area (Å²) in [7, 11) is 0. The molecule has 3 rings (SSSR count). The van der Waals surface area contributed by atoms with Crippen LogP contribution in [-0.2, 0) is 12.8 Å². The van der Waals surface area contributed by atoms with E-state index in [1.165, 1.54) is 17.2 Å². The topological polar surface area (TPSA) is 12.0 Å². The van der Waals surface area contributed by atoms with Crippen molar-refractivity contribution < 1.29 is 4.39 Å². The number of halogens is 1. The number of hydrogen-bond donors (Lipinski definition) is 1. The molecule has 102 valence electrons. The Kier molecular flexibility index (Phi) is 4.92.